The van der Waals surface area contributed by atoms with Crippen molar-refractivity contribution < 1.29 is 23.9 Å². The number of hydrogen-bond acceptors (Lipinski definition) is 3. The van der Waals surface area contributed by atoms with Crippen LogP contribution in [0.25, 0.3) is 0 Å². The number of urea groups is 1. The SMILES string of the molecule is O=C(O)CCNC(=O)N1CCC(C(=O)Nc2ccc(F)cc2)CC1. The van der Waals surface area contributed by atoms with Crippen molar-refractivity contribution in [3.63, 3.8) is 0 Å². The predicted molar refractivity (Wildman–Crippen MR) is 85.0 cm³/mol. The minimum absolute atomic E-state index is 0.0825. The first-order valence-electron chi connectivity index (χ1n) is 7.76. The molecule has 1 aliphatic rings. The van der Waals surface area contributed by atoms with Gasteiger partial charge < -0.3 is 20.6 Å². The summed E-state index contributed by atoms with van der Waals surface area (Å²) >= 11 is 0. The lowest BCUT2D eigenvalue weighted by Gasteiger charge is -2.31. The monoisotopic (exact) mass is 337 g/mol. The summed E-state index contributed by atoms with van der Waals surface area (Å²) < 4.78 is 12.8. The lowest BCUT2D eigenvalue weighted by Crippen LogP contribution is -2.46. The van der Waals surface area contributed by atoms with Gasteiger partial charge in [-0.15, -0.1) is 0 Å². The highest BCUT2D eigenvalue weighted by atomic mass is 19.1. The van der Waals surface area contributed by atoms with Crippen molar-refractivity contribution in [2.75, 3.05) is 25.0 Å². The van der Waals surface area contributed by atoms with Crippen LogP contribution in [0.15, 0.2) is 24.3 Å². The summed E-state index contributed by atoms with van der Waals surface area (Å²) in [5, 5.41) is 13.8. The predicted octanol–water partition coefficient (Wildman–Crippen LogP) is 1.66. The summed E-state index contributed by atoms with van der Waals surface area (Å²) in [4.78, 5) is 36.0. The van der Waals surface area contributed by atoms with E-state index in [1.807, 2.05) is 0 Å². The topological polar surface area (TPSA) is 98.7 Å². The van der Waals surface area contributed by atoms with E-state index in [0.29, 0.717) is 31.6 Å². The van der Waals surface area contributed by atoms with Gasteiger partial charge in [-0.25, -0.2) is 9.18 Å². The number of nitrogens with zero attached hydrogens (tertiary/aromatic N) is 1. The Kier molecular flexibility index (Phi) is 6.11. The third-order valence-electron chi connectivity index (χ3n) is 3.88. The summed E-state index contributed by atoms with van der Waals surface area (Å²) in [6, 6.07) is 5.24. The number of likely N-dealkylation sites (tertiary alicyclic amines) is 1. The Bertz CT molecular complexity index is 598. The van der Waals surface area contributed by atoms with E-state index < -0.39 is 5.97 Å². The number of carboxylic acid groups (broad SMARTS) is 1. The van der Waals surface area contributed by atoms with Gasteiger partial charge in [0, 0.05) is 31.2 Å². The number of aliphatic carboxylic acids is 1. The van der Waals surface area contributed by atoms with Crippen LogP contribution < -0.4 is 10.6 Å². The fraction of sp³-hybridized carbons (Fsp3) is 0.438. The molecule has 7 nitrogen and oxygen atoms in total. The van der Waals surface area contributed by atoms with E-state index in [4.69, 9.17) is 5.11 Å². The quantitative estimate of drug-likeness (QED) is 0.761. The van der Waals surface area contributed by atoms with Gasteiger partial charge in [0.25, 0.3) is 0 Å². The van der Waals surface area contributed by atoms with E-state index in [9.17, 15) is 18.8 Å². The van der Waals surface area contributed by atoms with E-state index in [1.54, 1.807) is 4.90 Å². The van der Waals surface area contributed by atoms with Crippen LogP contribution in [0.5, 0.6) is 0 Å². The van der Waals surface area contributed by atoms with Gasteiger partial charge in [0.15, 0.2) is 0 Å². The van der Waals surface area contributed by atoms with Crippen LogP contribution in [0.2, 0.25) is 0 Å². The zero-order chi connectivity index (χ0) is 17.5. The molecule has 0 unspecified atom stereocenters. The average Bonchev–Trinajstić information content (AvgIpc) is 2.56. The molecule has 0 saturated carbocycles. The second-order valence-electron chi connectivity index (χ2n) is 5.63. The van der Waals surface area contributed by atoms with Gasteiger partial charge in [-0.3, -0.25) is 9.59 Å². The number of halogens is 1. The molecule has 8 heteroatoms. The van der Waals surface area contributed by atoms with Crippen LogP contribution in [0.4, 0.5) is 14.9 Å². The highest BCUT2D eigenvalue weighted by Crippen LogP contribution is 2.19. The molecule has 1 heterocycles. The Morgan fingerprint density at radius 3 is 2.38 bits per heavy atom. The van der Waals surface area contributed by atoms with E-state index in [2.05, 4.69) is 10.6 Å². The van der Waals surface area contributed by atoms with Gasteiger partial charge in [0.1, 0.15) is 5.82 Å². The second-order valence-corrected chi connectivity index (χ2v) is 5.63. The minimum atomic E-state index is -0.966. The molecule has 1 aliphatic heterocycles. The van der Waals surface area contributed by atoms with Crippen molar-refractivity contribution >= 4 is 23.6 Å². The summed E-state index contributed by atoms with van der Waals surface area (Å²) in [6.07, 6.45) is 0.932. The molecule has 3 N–H and O–H groups in total. The Balaban J connectivity index is 1.75. The first-order valence-corrected chi connectivity index (χ1v) is 7.76. The van der Waals surface area contributed by atoms with Crippen LogP contribution in [0.1, 0.15) is 19.3 Å². The van der Waals surface area contributed by atoms with Crippen molar-refractivity contribution in [1.29, 1.82) is 0 Å². The number of rotatable bonds is 5. The van der Waals surface area contributed by atoms with Gasteiger partial charge in [0.05, 0.1) is 6.42 Å². The Hall–Kier alpha value is -2.64. The number of hydrogen-bond donors (Lipinski definition) is 3. The molecule has 0 atom stereocenters. The van der Waals surface area contributed by atoms with Gasteiger partial charge in [-0.05, 0) is 37.1 Å². The van der Waals surface area contributed by atoms with Crippen molar-refractivity contribution in [2.45, 2.75) is 19.3 Å². The first-order chi connectivity index (χ1) is 11.5. The van der Waals surface area contributed by atoms with Gasteiger partial charge >= 0.3 is 12.0 Å². The van der Waals surface area contributed by atoms with Crippen LogP contribution in [-0.2, 0) is 9.59 Å². The molecule has 3 amide bonds. The normalized spacial score (nSPS) is 15.0. The van der Waals surface area contributed by atoms with E-state index in [0.717, 1.165) is 0 Å². The van der Waals surface area contributed by atoms with Crippen molar-refractivity contribution in [1.82, 2.24) is 10.2 Å². The molecule has 1 aromatic carbocycles. The summed E-state index contributed by atoms with van der Waals surface area (Å²) in [6.45, 7) is 0.944. The van der Waals surface area contributed by atoms with Crippen molar-refractivity contribution in [3.8, 4) is 0 Å². The Labute approximate surface area is 138 Å². The standard InChI is InChI=1S/C16H20FN3O4/c17-12-1-3-13(4-2-12)19-15(23)11-6-9-20(10-7-11)16(24)18-8-5-14(21)22/h1-4,11H,5-10H2,(H,18,24)(H,19,23)(H,21,22). The van der Waals surface area contributed by atoms with Crippen LogP contribution in [0, 0.1) is 11.7 Å². The molecule has 2 rings (SSSR count). The second kappa shape index (κ2) is 8.28. The zero-order valence-corrected chi connectivity index (χ0v) is 13.1. The van der Waals surface area contributed by atoms with Crippen molar-refractivity contribution in [3.05, 3.63) is 30.1 Å². The molecule has 1 fully saturated rings. The number of amides is 3. The maximum absolute atomic E-state index is 12.8. The highest BCUT2D eigenvalue weighted by Gasteiger charge is 2.27. The van der Waals surface area contributed by atoms with E-state index >= 15 is 0 Å². The third kappa shape index (κ3) is 5.22. The smallest absolute Gasteiger partial charge is 0.317 e. The lowest BCUT2D eigenvalue weighted by molar-refractivity contribution is -0.136. The number of carboxylic acids is 1. The van der Waals surface area contributed by atoms with E-state index in [-0.39, 0.29) is 36.6 Å². The Morgan fingerprint density at radius 2 is 1.79 bits per heavy atom. The maximum Gasteiger partial charge on any atom is 0.317 e. The molecule has 1 saturated heterocycles. The maximum atomic E-state index is 12.8. The fourth-order valence-corrected chi connectivity index (χ4v) is 2.51. The molecular weight excluding hydrogens is 317 g/mol. The number of anilines is 1. The molecule has 24 heavy (non-hydrogen) atoms. The average molecular weight is 337 g/mol. The highest BCUT2D eigenvalue weighted by molar-refractivity contribution is 5.92. The third-order valence-corrected chi connectivity index (χ3v) is 3.88. The van der Waals surface area contributed by atoms with Gasteiger partial charge in [-0.1, -0.05) is 0 Å². The zero-order valence-electron chi connectivity index (χ0n) is 13.1. The molecule has 130 valence electrons. The number of benzene rings is 1. The minimum Gasteiger partial charge on any atom is -0.481 e. The van der Waals surface area contributed by atoms with Gasteiger partial charge in [-0.2, -0.15) is 0 Å². The first kappa shape index (κ1) is 17.7. The lowest BCUT2D eigenvalue weighted by atomic mass is 9.96. The van der Waals surface area contributed by atoms with Crippen LogP contribution >= 0.6 is 0 Å². The van der Waals surface area contributed by atoms with Crippen LogP contribution in [-0.4, -0.2) is 47.5 Å². The molecule has 0 spiro atoms. The molecule has 0 bridgehead atoms. The molecule has 0 radical (unpaired) electrons. The molecular formula is C16H20FN3O4. The number of carbonyl (C=O) groups excluding carboxylic acids is 2. The van der Waals surface area contributed by atoms with E-state index in [1.165, 1.54) is 24.3 Å². The molecule has 1 aromatic rings. The largest absolute Gasteiger partial charge is 0.481 e. The molecule has 0 aliphatic carbocycles. The Morgan fingerprint density at radius 1 is 1.17 bits per heavy atom. The summed E-state index contributed by atoms with van der Waals surface area (Å²) in [5.74, 6) is -1.69. The summed E-state index contributed by atoms with van der Waals surface area (Å²) in [7, 11) is 0. The fourth-order valence-electron chi connectivity index (χ4n) is 2.51. The summed E-state index contributed by atoms with van der Waals surface area (Å²) in [5.41, 5.74) is 0.537. The molecule has 0 aromatic heterocycles. The number of carbonyl (C=O) groups is 3. The van der Waals surface area contributed by atoms with Crippen molar-refractivity contribution in [2.24, 2.45) is 5.92 Å². The van der Waals surface area contributed by atoms with Crippen LogP contribution in [0.3, 0.4) is 0 Å². The number of piperidine rings is 1. The van der Waals surface area contributed by atoms with Gasteiger partial charge in [0.2, 0.25) is 5.91 Å². The number of nitrogens with one attached hydrogen (secondary N) is 2.